The van der Waals surface area contributed by atoms with Gasteiger partial charge in [-0.3, -0.25) is 4.79 Å². The van der Waals surface area contributed by atoms with Crippen molar-refractivity contribution in [2.75, 3.05) is 13.7 Å². The Kier molecular flexibility index (Phi) is 5.69. The summed E-state index contributed by atoms with van der Waals surface area (Å²) in [7, 11) is 1.63. The first kappa shape index (κ1) is 17.7. The molecule has 0 aliphatic rings. The van der Waals surface area contributed by atoms with Crippen molar-refractivity contribution in [3.05, 3.63) is 71.5 Å². The summed E-state index contributed by atoms with van der Waals surface area (Å²) in [4.78, 5) is 19.8. The van der Waals surface area contributed by atoms with Gasteiger partial charge in [-0.25, -0.2) is 4.98 Å². The predicted octanol–water partition coefficient (Wildman–Crippen LogP) is 3.30. The minimum absolute atomic E-state index is 0.00781. The number of benzene rings is 2. The van der Waals surface area contributed by atoms with Crippen LogP contribution in [0.1, 0.15) is 16.8 Å². The van der Waals surface area contributed by atoms with E-state index in [0.717, 1.165) is 28.4 Å². The Morgan fingerprint density at radius 2 is 1.85 bits per heavy atom. The molecule has 2 N–H and O–H groups in total. The number of aromatic amines is 1. The number of aryl methyl sites for hydroxylation is 1. The maximum atomic E-state index is 12.0. The van der Waals surface area contributed by atoms with Gasteiger partial charge in [-0.15, -0.1) is 0 Å². The third-order valence-electron chi connectivity index (χ3n) is 4.19. The largest absolute Gasteiger partial charge is 0.497 e. The molecule has 0 aliphatic carbocycles. The quantitative estimate of drug-likeness (QED) is 0.688. The zero-order chi connectivity index (χ0) is 18.4. The number of hydrogen-bond acceptors (Lipinski definition) is 3. The van der Waals surface area contributed by atoms with Crippen molar-refractivity contribution >= 4 is 5.91 Å². The second-order valence-electron chi connectivity index (χ2n) is 6.25. The van der Waals surface area contributed by atoms with E-state index < -0.39 is 0 Å². The molecule has 0 saturated heterocycles. The highest BCUT2D eigenvalue weighted by atomic mass is 16.5. The van der Waals surface area contributed by atoms with Crippen molar-refractivity contribution < 1.29 is 9.53 Å². The first-order chi connectivity index (χ1) is 12.6. The van der Waals surface area contributed by atoms with E-state index in [9.17, 15) is 4.79 Å². The van der Waals surface area contributed by atoms with Crippen LogP contribution in [0, 0.1) is 6.92 Å². The van der Waals surface area contributed by atoms with Crippen LogP contribution >= 0.6 is 0 Å². The lowest BCUT2D eigenvalue weighted by Crippen LogP contribution is -2.27. The van der Waals surface area contributed by atoms with E-state index >= 15 is 0 Å². The zero-order valence-corrected chi connectivity index (χ0v) is 15.1. The van der Waals surface area contributed by atoms with E-state index in [4.69, 9.17) is 4.74 Å². The molecule has 1 aromatic heterocycles. The van der Waals surface area contributed by atoms with Crippen LogP contribution in [-0.2, 0) is 17.6 Å². The average Bonchev–Trinajstić information content (AvgIpc) is 3.12. The van der Waals surface area contributed by atoms with E-state index in [1.807, 2.05) is 30.5 Å². The molecule has 0 bridgehead atoms. The summed E-state index contributed by atoms with van der Waals surface area (Å²) in [6.45, 7) is 2.64. The molecule has 3 aromatic rings. The number of nitrogens with zero attached hydrogens (tertiary/aromatic N) is 1. The summed E-state index contributed by atoms with van der Waals surface area (Å²) in [5.74, 6) is 1.65. The summed E-state index contributed by atoms with van der Waals surface area (Å²) in [6, 6.07) is 15.8. The SMILES string of the molecule is COc1ccc(CC(=O)NCCc2cnc(-c3ccc(C)cc3)[nH]2)cc1. The van der Waals surface area contributed by atoms with Crippen molar-refractivity contribution in [2.45, 2.75) is 19.8 Å². The van der Waals surface area contributed by atoms with Gasteiger partial charge >= 0.3 is 0 Å². The maximum absolute atomic E-state index is 12.0. The lowest BCUT2D eigenvalue weighted by molar-refractivity contribution is -0.120. The monoisotopic (exact) mass is 349 g/mol. The van der Waals surface area contributed by atoms with Gasteiger partial charge in [0.2, 0.25) is 5.91 Å². The third-order valence-corrected chi connectivity index (χ3v) is 4.19. The molecule has 0 aliphatic heterocycles. The fourth-order valence-corrected chi connectivity index (χ4v) is 2.67. The van der Waals surface area contributed by atoms with Crippen LogP contribution in [0.15, 0.2) is 54.7 Å². The van der Waals surface area contributed by atoms with Gasteiger partial charge in [0.05, 0.1) is 13.5 Å². The molecular weight excluding hydrogens is 326 g/mol. The molecule has 3 rings (SSSR count). The van der Waals surface area contributed by atoms with Gasteiger partial charge in [0.15, 0.2) is 0 Å². The van der Waals surface area contributed by atoms with E-state index in [-0.39, 0.29) is 5.91 Å². The second-order valence-corrected chi connectivity index (χ2v) is 6.25. The van der Waals surface area contributed by atoms with E-state index in [1.54, 1.807) is 7.11 Å². The first-order valence-corrected chi connectivity index (χ1v) is 8.64. The van der Waals surface area contributed by atoms with Gasteiger partial charge in [0, 0.05) is 30.4 Å². The van der Waals surface area contributed by atoms with E-state index in [2.05, 4.69) is 46.5 Å². The molecule has 134 valence electrons. The number of nitrogens with one attached hydrogen (secondary N) is 2. The Balaban J connectivity index is 1.47. The minimum atomic E-state index is 0.00781. The molecule has 1 heterocycles. The molecule has 0 radical (unpaired) electrons. The predicted molar refractivity (Wildman–Crippen MR) is 102 cm³/mol. The number of carbonyl (C=O) groups is 1. The molecule has 0 unspecified atom stereocenters. The molecule has 2 aromatic carbocycles. The molecular formula is C21H23N3O2. The van der Waals surface area contributed by atoms with Crippen molar-refractivity contribution in [1.29, 1.82) is 0 Å². The highest BCUT2D eigenvalue weighted by Gasteiger charge is 2.06. The Bertz CT molecular complexity index is 852. The van der Waals surface area contributed by atoms with Gasteiger partial charge in [-0.05, 0) is 24.6 Å². The number of H-pyrrole nitrogens is 1. The fraction of sp³-hybridized carbons (Fsp3) is 0.238. The van der Waals surface area contributed by atoms with E-state index in [1.165, 1.54) is 5.56 Å². The lowest BCUT2D eigenvalue weighted by atomic mass is 10.1. The molecule has 0 spiro atoms. The maximum Gasteiger partial charge on any atom is 0.224 e. The number of aromatic nitrogens is 2. The van der Waals surface area contributed by atoms with Crippen molar-refractivity contribution in [1.82, 2.24) is 15.3 Å². The number of hydrogen-bond donors (Lipinski definition) is 2. The number of ether oxygens (including phenoxy) is 1. The number of rotatable bonds is 7. The fourth-order valence-electron chi connectivity index (χ4n) is 2.67. The van der Waals surface area contributed by atoms with Crippen LogP contribution in [0.3, 0.4) is 0 Å². The third kappa shape index (κ3) is 4.72. The second kappa shape index (κ2) is 8.34. The standard InChI is InChI=1S/C21H23N3O2/c1-15-3-7-17(8-4-15)21-23-14-18(24-21)11-12-22-20(25)13-16-5-9-19(26-2)10-6-16/h3-10,14H,11-13H2,1-2H3,(H,22,25)(H,23,24). The topological polar surface area (TPSA) is 67.0 Å². The molecule has 0 fully saturated rings. The number of amides is 1. The molecule has 5 nitrogen and oxygen atoms in total. The zero-order valence-electron chi connectivity index (χ0n) is 15.1. The Hall–Kier alpha value is -3.08. The highest BCUT2D eigenvalue weighted by molar-refractivity contribution is 5.78. The highest BCUT2D eigenvalue weighted by Crippen LogP contribution is 2.16. The summed E-state index contributed by atoms with van der Waals surface area (Å²) in [6.07, 6.45) is 2.90. The van der Waals surface area contributed by atoms with Crippen molar-refractivity contribution in [2.24, 2.45) is 0 Å². The smallest absolute Gasteiger partial charge is 0.224 e. The van der Waals surface area contributed by atoms with Crippen LogP contribution in [0.25, 0.3) is 11.4 Å². The summed E-state index contributed by atoms with van der Waals surface area (Å²) in [5.41, 5.74) is 4.25. The number of imidazole rings is 1. The van der Waals surface area contributed by atoms with E-state index in [0.29, 0.717) is 19.4 Å². The molecule has 1 amide bonds. The summed E-state index contributed by atoms with van der Waals surface area (Å²) in [5, 5.41) is 2.95. The van der Waals surface area contributed by atoms with Gasteiger partial charge in [0.25, 0.3) is 0 Å². The van der Waals surface area contributed by atoms with Crippen LogP contribution in [0.5, 0.6) is 5.75 Å². The Morgan fingerprint density at radius 1 is 1.12 bits per heavy atom. The molecule has 0 saturated carbocycles. The van der Waals surface area contributed by atoms with Gasteiger partial charge < -0.3 is 15.0 Å². The Morgan fingerprint density at radius 3 is 2.54 bits per heavy atom. The number of carbonyl (C=O) groups excluding carboxylic acids is 1. The van der Waals surface area contributed by atoms with Gasteiger partial charge in [0.1, 0.15) is 11.6 Å². The minimum Gasteiger partial charge on any atom is -0.497 e. The Labute approximate surface area is 153 Å². The van der Waals surface area contributed by atoms with Gasteiger partial charge in [-0.2, -0.15) is 0 Å². The molecule has 0 atom stereocenters. The van der Waals surface area contributed by atoms with Gasteiger partial charge in [-0.1, -0.05) is 42.0 Å². The van der Waals surface area contributed by atoms with Crippen molar-refractivity contribution in [3.8, 4) is 17.1 Å². The lowest BCUT2D eigenvalue weighted by Gasteiger charge is -2.05. The van der Waals surface area contributed by atoms with Crippen LogP contribution in [0.2, 0.25) is 0 Å². The molecule has 5 heteroatoms. The summed E-state index contributed by atoms with van der Waals surface area (Å²) >= 11 is 0. The van der Waals surface area contributed by atoms with Crippen LogP contribution in [0.4, 0.5) is 0 Å². The van der Waals surface area contributed by atoms with Crippen molar-refractivity contribution in [3.63, 3.8) is 0 Å². The molecule has 26 heavy (non-hydrogen) atoms. The first-order valence-electron chi connectivity index (χ1n) is 8.64. The van der Waals surface area contributed by atoms with Crippen LogP contribution in [-0.4, -0.2) is 29.5 Å². The average molecular weight is 349 g/mol. The summed E-state index contributed by atoms with van der Waals surface area (Å²) < 4.78 is 5.12. The number of methoxy groups -OCH3 is 1. The van der Waals surface area contributed by atoms with Crippen LogP contribution < -0.4 is 10.1 Å². The normalized spacial score (nSPS) is 10.5.